The molecule has 0 aliphatic carbocycles. The summed E-state index contributed by atoms with van der Waals surface area (Å²) >= 11 is 0. The number of hydrogen-bond donors (Lipinski definition) is 0. The second-order valence-corrected chi connectivity index (χ2v) is 12.5. The van der Waals surface area contributed by atoms with Crippen LogP contribution in [0.2, 0.25) is 0 Å². The Hall–Kier alpha value is -4.58. The Morgan fingerprint density at radius 1 is 0.438 bits per heavy atom. The van der Waals surface area contributed by atoms with Crippen molar-refractivity contribution in [1.82, 2.24) is 0 Å². The highest BCUT2D eigenvalue weighted by atomic mass is 16.5. The van der Waals surface area contributed by atoms with Gasteiger partial charge in [0.25, 0.3) is 0 Å². The SMILES string of the molecule is C[C@@H](CCCCCCCCCC[C@H](C)C(=O)Oc1ccc(OCc2ccccc2)cc1)C(=O)Oc1ccc(OCc2ccccc2)cc1. The zero-order chi connectivity index (χ0) is 33.8. The number of rotatable bonds is 21. The van der Waals surface area contributed by atoms with Gasteiger partial charge >= 0.3 is 11.9 Å². The predicted octanol–water partition coefficient (Wildman–Crippen LogP) is 10.5. The lowest BCUT2D eigenvalue weighted by Gasteiger charge is -2.12. The second kappa shape index (κ2) is 20.6. The summed E-state index contributed by atoms with van der Waals surface area (Å²) in [5, 5.41) is 0. The van der Waals surface area contributed by atoms with Crippen LogP contribution < -0.4 is 18.9 Å². The van der Waals surface area contributed by atoms with Gasteiger partial charge in [0.05, 0.1) is 11.8 Å². The highest BCUT2D eigenvalue weighted by Crippen LogP contribution is 2.23. The van der Waals surface area contributed by atoms with E-state index >= 15 is 0 Å². The number of esters is 2. The smallest absolute Gasteiger partial charge is 0.314 e. The number of unbranched alkanes of at least 4 members (excludes halogenated alkanes) is 7. The van der Waals surface area contributed by atoms with Gasteiger partial charge in [-0.15, -0.1) is 0 Å². The Balaban J connectivity index is 0.972. The molecule has 0 aliphatic heterocycles. The number of carbonyl (C=O) groups excluding carboxylic acids is 2. The summed E-state index contributed by atoms with van der Waals surface area (Å²) in [7, 11) is 0. The van der Waals surface area contributed by atoms with Gasteiger partial charge in [-0.25, -0.2) is 0 Å². The van der Waals surface area contributed by atoms with Gasteiger partial charge in [-0.1, -0.05) is 126 Å². The second-order valence-electron chi connectivity index (χ2n) is 12.5. The maximum atomic E-state index is 12.5. The summed E-state index contributed by atoms with van der Waals surface area (Å²) < 4.78 is 22.8. The fourth-order valence-electron chi connectivity index (χ4n) is 5.32. The van der Waals surface area contributed by atoms with Crippen molar-refractivity contribution in [3.63, 3.8) is 0 Å². The van der Waals surface area contributed by atoms with Crippen molar-refractivity contribution >= 4 is 11.9 Å². The summed E-state index contributed by atoms with van der Waals surface area (Å²) in [5.74, 6) is 1.93. The van der Waals surface area contributed by atoms with Crippen LogP contribution in [0, 0.1) is 11.8 Å². The Kier molecular flexibility index (Phi) is 15.6. The van der Waals surface area contributed by atoms with Crippen LogP contribution in [-0.4, -0.2) is 11.9 Å². The molecule has 0 unspecified atom stereocenters. The van der Waals surface area contributed by atoms with E-state index in [1.165, 1.54) is 25.7 Å². The predicted molar refractivity (Wildman–Crippen MR) is 190 cm³/mol. The van der Waals surface area contributed by atoms with E-state index in [0.29, 0.717) is 24.7 Å². The molecule has 254 valence electrons. The topological polar surface area (TPSA) is 71.1 Å². The third kappa shape index (κ3) is 13.6. The summed E-state index contributed by atoms with van der Waals surface area (Å²) in [5.41, 5.74) is 2.21. The molecule has 0 saturated carbocycles. The molecule has 0 radical (unpaired) electrons. The number of hydrogen-bond acceptors (Lipinski definition) is 6. The van der Waals surface area contributed by atoms with E-state index in [-0.39, 0.29) is 23.8 Å². The van der Waals surface area contributed by atoms with Crippen molar-refractivity contribution in [3.8, 4) is 23.0 Å². The highest BCUT2D eigenvalue weighted by molar-refractivity contribution is 5.75. The average molecular weight is 651 g/mol. The summed E-state index contributed by atoms with van der Waals surface area (Å²) in [6, 6.07) is 34.4. The summed E-state index contributed by atoms with van der Waals surface area (Å²) in [4.78, 5) is 25.1. The molecule has 48 heavy (non-hydrogen) atoms. The van der Waals surface area contributed by atoms with Gasteiger partial charge in [-0.2, -0.15) is 0 Å². The van der Waals surface area contributed by atoms with Crippen LogP contribution in [0.5, 0.6) is 23.0 Å². The van der Waals surface area contributed by atoms with Gasteiger partial charge in [-0.05, 0) is 72.5 Å². The van der Waals surface area contributed by atoms with Crippen LogP contribution in [0.4, 0.5) is 0 Å². The molecule has 0 aromatic heterocycles. The zero-order valence-corrected chi connectivity index (χ0v) is 28.5. The van der Waals surface area contributed by atoms with Crippen LogP contribution >= 0.6 is 0 Å². The largest absolute Gasteiger partial charge is 0.489 e. The quantitative estimate of drug-likeness (QED) is 0.0508. The van der Waals surface area contributed by atoms with Crippen molar-refractivity contribution in [1.29, 1.82) is 0 Å². The molecule has 2 atom stereocenters. The molecule has 4 aromatic rings. The molecule has 4 rings (SSSR count). The monoisotopic (exact) mass is 650 g/mol. The van der Waals surface area contributed by atoms with E-state index < -0.39 is 0 Å². The van der Waals surface area contributed by atoms with Gasteiger partial charge in [0.15, 0.2) is 0 Å². The van der Waals surface area contributed by atoms with E-state index in [4.69, 9.17) is 18.9 Å². The van der Waals surface area contributed by atoms with Crippen LogP contribution in [0.3, 0.4) is 0 Å². The lowest BCUT2D eigenvalue weighted by molar-refractivity contribution is -0.139. The average Bonchev–Trinajstić information content (AvgIpc) is 3.12. The van der Waals surface area contributed by atoms with Crippen molar-refractivity contribution < 1.29 is 28.5 Å². The van der Waals surface area contributed by atoms with Gasteiger partial charge in [0, 0.05) is 0 Å². The molecular formula is C42H50O6. The minimum absolute atomic E-state index is 0.133. The molecule has 4 aromatic carbocycles. The lowest BCUT2D eigenvalue weighted by atomic mass is 10.00. The van der Waals surface area contributed by atoms with Gasteiger partial charge < -0.3 is 18.9 Å². The number of benzene rings is 4. The third-order valence-corrected chi connectivity index (χ3v) is 8.41. The standard InChI is InChI=1S/C42H50O6/c1-33(41(43)47-39-27-23-37(24-28-39)45-31-35-19-13-9-14-20-35)17-11-7-5-3-4-6-8-12-18-34(2)42(44)48-40-29-25-38(26-30-40)46-32-36-21-15-10-16-22-36/h9-10,13-16,19-30,33-34H,3-8,11-12,17-18,31-32H2,1-2H3/t33-,34-/m0/s1. The lowest BCUT2D eigenvalue weighted by Crippen LogP contribution is -2.17. The van der Waals surface area contributed by atoms with E-state index in [1.807, 2.05) is 98.8 Å². The normalized spacial score (nSPS) is 12.1. The minimum Gasteiger partial charge on any atom is -0.489 e. The molecule has 0 spiro atoms. The Morgan fingerprint density at radius 3 is 1.10 bits per heavy atom. The van der Waals surface area contributed by atoms with Crippen molar-refractivity contribution in [3.05, 3.63) is 120 Å². The Labute approximate surface area is 286 Å². The first kappa shape index (κ1) is 36.3. The molecule has 0 saturated heterocycles. The molecule has 0 N–H and O–H groups in total. The van der Waals surface area contributed by atoms with E-state index in [9.17, 15) is 9.59 Å². The number of ether oxygens (including phenoxy) is 4. The summed E-state index contributed by atoms with van der Waals surface area (Å²) in [6.45, 7) is 4.88. The van der Waals surface area contributed by atoms with Crippen LogP contribution in [-0.2, 0) is 22.8 Å². The number of carbonyl (C=O) groups is 2. The van der Waals surface area contributed by atoms with Crippen molar-refractivity contribution in [2.75, 3.05) is 0 Å². The fourth-order valence-corrected chi connectivity index (χ4v) is 5.32. The molecule has 0 bridgehead atoms. The molecular weight excluding hydrogens is 600 g/mol. The van der Waals surface area contributed by atoms with Crippen molar-refractivity contribution in [2.24, 2.45) is 11.8 Å². The third-order valence-electron chi connectivity index (χ3n) is 8.41. The van der Waals surface area contributed by atoms with Crippen molar-refractivity contribution in [2.45, 2.75) is 91.3 Å². The minimum atomic E-state index is -0.187. The van der Waals surface area contributed by atoms with E-state index in [1.54, 1.807) is 24.3 Å². The molecule has 0 heterocycles. The van der Waals surface area contributed by atoms with E-state index in [2.05, 4.69) is 0 Å². The van der Waals surface area contributed by atoms with Gasteiger partial charge in [0.1, 0.15) is 36.2 Å². The maximum absolute atomic E-state index is 12.5. The first-order valence-electron chi connectivity index (χ1n) is 17.4. The van der Waals surface area contributed by atoms with Crippen LogP contribution in [0.15, 0.2) is 109 Å². The maximum Gasteiger partial charge on any atom is 0.314 e. The highest BCUT2D eigenvalue weighted by Gasteiger charge is 2.16. The molecule has 6 nitrogen and oxygen atoms in total. The molecule has 6 heteroatoms. The summed E-state index contributed by atoms with van der Waals surface area (Å²) in [6.07, 6.45) is 10.7. The molecule has 0 fully saturated rings. The van der Waals surface area contributed by atoms with Gasteiger partial charge in [0.2, 0.25) is 0 Å². The zero-order valence-electron chi connectivity index (χ0n) is 28.5. The van der Waals surface area contributed by atoms with Gasteiger partial charge in [-0.3, -0.25) is 9.59 Å². The van der Waals surface area contributed by atoms with Crippen LogP contribution in [0.25, 0.3) is 0 Å². The van der Waals surface area contributed by atoms with E-state index in [0.717, 1.165) is 61.2 Å². The Morgan fingerprint density at radius 2 is 0.750 bits per heavy atom. The fraction of sp³-hybridized carbons (Fsp3) is 0.381. The molecule has 0 amide bonds. The molecule has 0 aliphatic rings. The first-order valence-corrected chi connectivity index (χ1v) is 17.4. The first-order chi connectivity index (χ1) is 23.5. The Bertz CT molecular complexity index is 1350. The van der Waals surface area contributed by atoms with Crippen LogP contribution in [0.1, 0.15) is 89.2 Å².